The highest BCUT2D eigenvalue weighted by Crippen LogP contribution is 2.30. The third-order valence-electron chi connectivity index (χ3n) is 4.28. The number of aryl methyl sites for hydroxylation is 1. The van der Waals surface area contributed by atoms with E-state index in [9.17, 15) is 9.59 Å². The number of carbonyl (C=O) groups excluding carboxylic acids is 2. The summed E-state index contributed by atoms with van der Waals surface area (Å²) in [6.45, 7) is 9.29. The molecule has 28 heavy (non-hydrogen) atoms. The number of carbonyl (C=O) groups is 2. The zero-order valence-electron chi connectivity index (χ0n) is 16.1. The Morgan fingerprint density at radius 1 is 1.43 bits per heavy atom. The molecule has 0 spiro atoms. The van der Waals surface area contributed by atoms with Crippen molar-refractivity contribution in [2.75, 3.05) is 5.32 Å². The average Bonchev–Trinajstić information content (AvgIpc) is 3.02. The van der Waals surface area contributed by atoms with E-state index in [1.807, 2.05) is 6.92 Å². The van der Waals surface area contributed by atoms with Gasteiger partial charge in [0.15, 0.2) is 0 Å². The molecule has 2 amide bonds. The number of pyridine rings is 1. The lowest BCUT2D eigenvalue weighted by molar-refractivity contribution is -0.118. The van der Waals surface area contributed by atoms with E-state index >= 15 is 0 Å². The molecule has 0 aliphatic rings. The molecule has 2 heterocycles. The normalized spacial score (nSPS) is 12.6. The first-order valence-electron chi connectivity index (χ1n) is 8.89. The van der Waals surface area contributed by atoms with Gasteiger partial charge in [0, 0.05) is 25.2 Å². The van der Waals surface area contributed by atoms with Crippen LogP contribution in [0.5, 0.6) is 0 Å². The molecule has 0 aliphatic heterocycles. The molecule has 8 nitrogen and oxygen atoms in total. The van der Waals surface area contributed by atoms with Gasteiger partial charge in [-0.2, -0.15) is 5.10 Å². The highest BCUT2D eigenvalue weighted by Gasteiger charge is 2.20. The number of rotatable bonds is 9. The van der Waals surface area contributed by atoms with Gasteiger partial charge in [-0.15, -0.1) is 13.2 Å². The summed E-state index contributed by atoms with van der Waals surface area (Å²) >= 11 is 0. The number of amides is 2. The molecular weight excluding hydrogens is 358 g/mol. The Bertz CT molecular complexity index is 874. The molecule has 2 aromatic rings. The SMILES string of the molecule is C=CC[C@H](OC(N)=O)c1cc(-c2c(NC(=O)C(C=C)CC)cnn2C)ccn1. The van der Waals surface area contributed by atoms with E-state index in [2.05, 4.69) is 28.6 Å². The third-order valence-corrected chi connectivity index (χ3v) is 4.28. The summed E-state index contributed by atoms with van der Waals surface area (Å²) in [7, 11) is 1.77. The molecule has 148 valence electrons. The van der Waals surface area contributed by atoms with Crippen LogP contribution in [0, 0.1) is 5.92 Å². The van der Waals surface area contributed by atoms with Crippen LogP contribution in [0.4, 0.5) is 10.5 Å². The maximum Gasteiger partial charge on any atom is 0.405 e. The third kappa shape index (κ3) is 4.85. The van der Waals surface area contributed by atoms with E-state index < -0.39 is 12.2 Å². The minimum Gasteiger partial charge on any atom is -0.440 e. The number of hydrogen-bond donors (Lipinski definition) is 2. The van der Waals surface area contributed by atoms with Crippen LogP contribution in [0.15, 0.2) is 49.8 Å². The van der Waals surface area contributed by atoms with E-state index in [0.29, 0.717) is 29.9 Å². The topological polar surface area (TPSA) is 112 Å². The molecule has 0 aliphatic carbocycles. The maximum absolute atomic E-state index is 12.4. The van der Waals surface area contributed by atoms with Gasteiger partial charge in [0.1, 0.15) is 6.10 Å². The highest BCUT2D eigenvalue weighted by molar-refractivity contribution is 5.96. The van der Waals surface area contributed by atoms with Crippen LogP contribution in [-0.4, -0.2) is 26.8 Å². The minimum absolute atomic E-state index is 0.150. The Labute approximate surface area is 164 Å². The molecule has 0 bridgehead atoms. The molecule has 1 unspecified atom stereocenters. The number of ether oxygens (including phenoxy) is 1. The molecule has 2 aromatic heterocycles. The fourth-order valence-corrected chi connectivity index (χ4v) is 2.85. The Balaban J connectivity index is 2.39. The van der Waals surface area contributed by atoms with Crippen molar-refractivity contribution in [3.8, 4) is 11.3 Å². The van der Waals surface area contributed by atoms with Crippen LogP contribution in [0.1, 0.15) is 31.6 Å². The number of aromatic nitrogens is 3. The summed E-state index contributed by atoms with van der Waals surface area (Å²) in [4.78, 5) is 27.9. The van der Waals surface area contributed by atoms with Crippen LogP contribution in [-0.2, 0) is 16.6 Å². The van der Waals surface area contributed by atoms with Crippen molar-refractivity contribution >= 4 is 17.7 Å². The maximum atomic E-state index is 12.4. The number of nitrogens with one attached hydrogen (secondary N) is 1. The van der Waals surface area contributed by atoms with Gasteiger partial charge in [0.05, 0.1) is 29.2 Å². The van der Waals surface area contributed by atoms with Crippen molar-refractivity contribution in [3.05, 3.63) is 55.5 Å². The fraction of sp³-hybridized carbons (Fsp3) is 0.300. The predicted octanol–water partition coefficient (Wildman–Crippen LogP) is 3.35. The first kappa shape index (κ1) is 20.9. The zero-order chi connectivity index (χ0) is 20.7. The first-order valence-corrected chi connectivity index (χ1v) is 8.89. The van der Waals surface area contributed by atoms with Crippen molar-refractivity contribution in [2.45, 2.75) is 25.9 Å². The van der Waals surface area contributed by atoms with E-state index in [4.69, 9.17) is 10.5 Å². The average molecular weight is 383 g/mol. The number of primary amides is 1. The van der Waals surface area contributed by atoms with Crippen molar-refractivity contribution in [1.29, 1.82) is 0 Å². The number of nitrogens with two attached hydrogens (primary N) is 1. The molecule has 0 fully saturated rings. The van der Waals surface area contributed by atoms with Gasteiger partial charge in [0.2, 0.25) is 5.91 Å². The molecule has 0 saturated heterocycles. The monoisotopic (exact) mass is 383 g/mol. The number of nitrogens with zero attached hydrogens (tertiary/aromatic N) is 3. The Morgan fingerprint density at radius 3 is 2.79 bits per heavy atom. The van der Waals surface area contributed by atoms with Gasteiger partial charge in [-0.3, -0.25) is 14.5 Å². The van der Waals surface area contributed by atoms with E-state index in [1.165, 1.54) is 0 Å². The minimum atomic E-state index is -0.887. The molecule has 2 rings (SSSR count). The zero-order valence-corrected chi connectivity index (χ0v) is 16.1. The van der Waals surface area contributed by atoms with Gasteiger partial charge in [0.25, 0.3) is 0 Å². The smallest absolute Gasteiger partial charge is 0.405 e. The van der Waals surface area contributed by atoms with Gasteiger partial charge < -0.3 is 15.8 Å². The second-order valence-corrected chi connectivity index (χ2v) is 6.19. The number of hydrogen-bond acceptors (Lipinski definition) is 5. The van der Waals surface area contributed by atoms with E-state index in [-0.39, 0.29) is 11.8 Å². The molecule has 2 atom stereocenters. The van der Waals surface area contributed by atoms with E-state index in [0.717, 1.165) is 5.56 Å². The van der Waals surface area contributed by atoms with Crippen molar-refractivity contribution in [2.24, 2.45) is 18.7 Å². The fourth-order valence-electron chi connectivity index (χ4n) is 2.85. The van der Waals surface area contributed by atoms with Gasteiger partial charge in [-0.25, -0.2) is 4.79 Å². The lowest BCUT2D eigenvalue weighted by Gasteiger charge is -2.16. The summed E-state index contributed by atoms with van der Waals surface area (Å²) in [6.07, 6.45) is 5.92. The Morgan fingerprint density at radius 2 is 2.18 bits per heavy atom. The number of anilines is 1. The molecule has 3 N–H and O–H groups in total. The first-order chi connectivity index (χ1) is 13.4. The second-order valence-electron chi connectivity index (χ2n) is 6.19. The second kappa shape index (κ2) is 9.50. The molecule has 0 aromatic carbocycles. The summed E-state index contributed by atoms with van der Waals surface area (Å²) in [5.74, 6) is -0.440. The summed E-state index contributed by atoms with van der Waals surface area (Å²) in [6, 6.07) is 3.56. The quantitative estimate of drug-likeness (QED) is 0.645. The van der Waals surface area contributed by atoms with Crippen molar-refractivity contribution in [1.82, 2.24) is 14.8 Å². The predicted molar refractivity (Wildman–Crippen MR) is 107 cm³/mol. The summed E-state index contributed by atoms with van der Waals surface area (Å²) < 4.78 is 6.79. The highest BCUT2D eigenvalue weighted by atomic mass is 16.6. The Kier molecular flexibility index (Phi) is 7.08. The lowest BCUT2D eigenvalue weighted by atomic mass is 10.0. The largest absolute Gasteiger partial charge is 0.440 e. The summed E-state index contributed by atoms with van der Waals surface area (Å²) in [5, 5.41) is 7.15. The van der Waals surface area contributed by atoms with Gasteiger partial charge in [-0.05, 0) is 18.6 Å². The summed E-state index contributed by atoms with van der Waals surface area (Å²) in [5.41, 5.74) is 7.71. The van der Waals surface area contributed by atoms with Crippen LogP contribution >= 0.6 is 0 Å². The van der Waals surface area contributed by atoms with Crippen molar-refractivity contribution in [3.63, 3.8) is 0 Å². The molecular formula is C20H25N5O3. The molecule has 8 heteroatoms. The standard InChI is InChI=1S/C20H25N5O3/c1-5-8-17(28-20(21)27)15-11-14(9-10-22-15)18-16(12-23-25(18)4)24-19(26)13(6-2)7-3/h5-6,9-13,17H,1-2,7-8H2,3-4H3,(H2,21,27)(H,24,26)/t13?,17-/m0/s1. The van der Waals surface area contributed by atoms with Crippen LogP contribution in [0.25, 0.3) is 11.3 Å². The molecule has 0 saturated carbocycles. The van der Waals surface area contributed by atoms with Crippen LogP contribution in [0.3, 0.4) is 0 Å². The van der Waals surface area contributed by atoms with Gasteiger partial charge >= 0.3 is 6.09 Å². The van der Waals surface area contributed by atoms with Crippen LogP contribution < -0.4 is 11.1 Å². The molecule has 0 radical (unpaired) electrons. The van der Waals surface area contributed by atoms with E-state index in [1.54, 1.807) is 48.4 Å². The Hall–Kier alpha value is -3.42. The van der Waals surface area contributed by atoms with Crippen LogP contribution in [0.2, 0.25) is 0 Å². The van der Waals surface area contributed by atoms with Gasteiger partial charge in [-0.1, -0.05) is 19.1 Å². The van der Waals surface area contributed by atoms with Crippen molar-refractivity contribution < 1.29 is 14.3 Å². The lowest BCUT2D eigenvalue weighted by Crippen LogP contribution is -2.20.